The van der Waals surface area contributed by atoms with E-state index >= 15 is 0 Å². The van der Waals surface area contributed by atoms with Crippen LogP contribution in [0.4, 0.5) is 30.7 Å². The van der Waals surface area contributed by atoms with Crippen molar-refractivity contribution in [2.45, 2.75) is 70.3 Å². The van der Waals surface area contributed by atoms with Crippen molar-refractivity contribution in [1.82, 2.24) is 4.98 Å². The van der Waals surface area contributed by atoms with E-state index in [1.165, 1.54) is 44.6 Å². The maximum Gasteiger partial charge on any atom is 0.429 e. The first-order chi connectivity index (χ1) is 21.1. The quantitative estimate of drug-likeness (QED) is 0.101. The van der Waals surface area contributed by atoms with Gasteiger partial charge in [0, 0.05) is 23.4 Å². The molecule has 0 N–H and O–H groups in total. The van der Waals surface area contributed by atoms with Crippen molar-refractivity contribution in [3.05, 3.63) is 107 Å². The summed E-state index contributed by atoms with van der Waals surface area (Å²) in [6.45, 7) is 2.21. The zero-order valence-corrected chi connectivity index (χ0v) is 24.2. The second kappa shape index (κ2) is 13.4. The number of hydrogen-bond donors (Lipinski definition) is 0. The van der Waals surface area contributed by atoms with Gasteiger partial charge in [0.25, 0.3) is 0 Å². The van der Waals surface area contributed by atoms with Crippen LogP contribution in [0.15, 0.2) is 66.9 Å². The molecule has 0 saturated heterocycles. The molecule has 9 heteroatoms. The molecule has 5 rings (SSSR count). The summed E-state index contributed by atoms with van der Waals surface area (Å²) in [5.74, 6) is -6.65. The fourth-order valence-electron chi connectivity index (χ4n) is 5.90. The minimum atomic E-state index is -4.18. The van der Waals surface area contributed by atoms with Crippen molar-refractivity contribution in [3.8, 4) is 28.1 Å². The van der Waals surface area contributed by atoms with Crippen LogP contribution < -0.4 is 4.74 Å². The van der Waals surface area contributed by atoms with E-state index in [2.05, 4.69) is 16.6 Å². The summed E-state index contributed by atoms with van der Waals surface area (Å²) >= 11 is 0. The Kier molecular flexibility index (Phi) is 9.61. The lowest BCUT2D eigenvalue weighted by Crippen LogP contribution is -2.23. The van der Waals surface area contributed by atoms with Crippen molar-refractivity contribution >= 4 is 0 Å². The topological polar surface area (TPSA) is 22.1 Å². The van der Waals surface area contributed by atoms with Gasteiger partial charge in [0.1, 0.15) is 17.4 Å². The minimum Gasteiger partial charge on any atom is -0.429 e. The number of halogens is 7. The number of alkyl halides is 2. The number of unbranched alkanes of at least 4 members (excludes halogenated alkanes) is 2. The van der Waals surface area contributed by atoms with Crippen LogP contribution in [0.25, 0.3) is 22.4 Å². The van der Waals surface area contributed by atoms with Gasteiger partial charge in [-0.25, -0.2) is 22.0 Å². The molecule has 0 spiro atoms. The van der Waals surface area contributed by atoms with Gasteiger partial charge in [0.15, 0.2) is 17.5 Å². The van der Waals surface area contributed by atoms with Gasteiger partial charge in [-0.15, -0.1) is 0 Å². The first-order valence-electron chi connectivity index (χ1n) is 14.8. The summed E-state index contributed by atoms with van der Waals surface area (Å²) in [6, 6.07) is 10.4. The van der Waals surface area contributed by atoms with Crippen LogP contribution in [0, 0.1) is 35.0 Å². The molecule has 1 heterocycles. The molecule has 1 aromatic heterocycles. The van der Waals surface area contributed by atoms with Crippen LogP contribution in [-0.4, -0.2) is 4.98 Å². The summed E-state index contributed by atoms with van der Waals surface area (Å²) in [7, 11) is 0. The summed E-state index contributed by atoms with van der Waals surface area (Å²) in [5.41, 5.74) is 0.0742. The monoisotopic (exact) mass is 615 g/mol. The fourth-order valence-corrected chi connectivity index (χ4v) is 5.90. The molecule has 3 aromatic carbocycles. The Hall–Kier alpha value is -3.88. The Bertz CT molecular complexity index is 1570. The van der Waals surface area contributed by atoms with Gasteiger partial charge in [0.05, 0.1) is 11.3 Å². The average Bonchev–Trinajstić information content (AvgIpc) is 3.00. The van der Waals surface area contributed by atoms with Crippen molar-refractivity contribution in [2.75, 3.05) is 0 Å². The zero-order valence-electron chi connectivity index (χ0n) is 24.2. The number of nitrogens with zero attached hydrogens (tertiary/aromatic N) is 1. The van der Waals surface area contributed by atoms with Crippen molar-refractivity contribution in [3.63, 3.8) is 0 Å². The maximum absolute atomic E-state index is 15.0. The standard InChI is InChI=1S/C35H32F7NO/c1-2-3-4-5-21-6-8-22(9-7-21)24-11-15-33(43-20-24)23-10-14-28(30(37)16-23)35(41,42)44-26-12-13-27(29(36)19-26)25-17-31(38)34(40)32(39)18-25/h10-22H,2-9H2,1H3. The van der Waals surface area contributed by atoms with Crippen LogP contribution in [0.5, 0.6) is 5.75 Å². The van der Waals surface area contributed by atoms with E-state index in [4.69, 9.17) is 0 Å². The minimum absolute atomic E-state index is 0.308. The molecule has 0 radical (unpaired) electrons. The lowest BCUT2D eigenvalue weighted by Gasteiger charge is -2.28. The van der Waals surface area contributed by atoms with Crippen molar-refractivity contribution in [1.29, 1.82) is 0 Å². The van der Waals surface area contributed by atoms with Gasteiger partial charge in [-0.2, -0.15) is 8.78 Å². The van der Waals surface area contributed by atoms with Crippen molar-refractivity contribution in [2.24, 2.45) is 5.92 Å². The largest absolute Gasteiger partial charge is 0.429 e. The highest BCUT2D eigenvalue weighted by molar-refractivity contribution is 5.65. The predicted octanol–water partition coefficient (Wildman–Crippen LogP) is 11.1. The molecule has 0 atom stereocenters. The SMILES string of the molecule is CCCCCC1CCC(c2ccc(-c3ccc(C(F)(F)Oc4ccc(-c5cc(F)c(F)c(F)c5)c(F)c4)c(F)c3)nc2)CC1. The first-order valence-corrected chi connectivity index (χ1v) is 14.8. The Balaban J connectivity index is 1.25. The molecule has 0 aliphatic heterocycles. The smallest absolute Gasteiger partial charge is 0.429 e. The molecule has 2 nitrogen and oxygen atoms in total. The maximum atomic E-state index is 15.0. The highest BCUT2D eigenvalue weighted by Crippen LogP contribution is 2.39. The van der Waals surface area contributed by atoms with Gasteiger partial charge in [-0.05, 0) is 91.1 Å². The van der Waals surface area contributed by atoms with Gasteiger partial charge >= 0.3 is 6.11 Å². The molecule has 1 aliphatic rings. The fraction of sp³-hybridized carbons (Fsp3) is 0.343. The van der Waals surface area contributed by atoms with Gasteiger partial charge < -0.3 is 4.74 Å². The number of rotatable bonds is 10. The third kappa shape index (κ3) is 7.08. The van der Waals surface area contributed by atoms with E-state index in [1.54, 1.807) is 12.3 Å². The van der Waals surface area contributed by atoms with Crippen LogP contribution in [0.1, 0.15) is 75.3 Å². The molecule has 0 bridgehead atoms. The molecule has 1 aliphatic carbocycles. The number of ether oxygens (including phenoxy) is 1. The molecular weight excluding hydrogens is 583 g/mol. The summed E-state index contributed by atoms with van der Waals surface area (Å²) in [4.78, 5) is 4.47. The Morgan fingerprint density at radius 1 is 0.750 bits per heavy atom. The highest BCUT2D eigenvalue weighted by atomic mass is 19.3. The zero-order chi connectivity index (χ0) is 31.4. The number of pyridine rings is 1. The molecule has 4 aromatic rings. The van der Waals surface area contributed by atoms with Gasteiger partial charge in [-0.3, -0.25) is 4.98 Å². The lowest BCUT2D eigenvalue weighted by molar-refractivity contribution is -0.187. The Morgan fingerprint density at radius 3 is 2.07 bits per heavy atom. The Labute approximate surface area is 251 Å². The summed E-state index contributed by atoms with van der Waals surface area (Å²) < 4.78 is 105. The molecule has 0 amide bonds. The average molecular weight is 616 g/mol. The molecule has 1 fully saturated rings. The van der Waals surface area contributed by atoms with Crippen LogP contribution >= 0.6 is 0 Å². The molecule has 232 valence electrons. The highest BCUT2D eigenvalue weighted by Gasteiger charge is 2.38. The third-order valence-electron chi connectivity index (χ3n) is 8.38. The van der Waals surface area contributed by atoms with E-state index in [1.807, 2.05) is 6.07 Å². The van der Waals surface area contributed by atoms with E-state index < -0.39 is 46.5 Å². The Morgan fingerprint density at radius 2 is 1.45 bits per heavy atom. The predicted molar refractivity (Wildman–Crippen MR) is 155 cm³/mol. The van der Waals surface area contributed by atoms with E-state index in [-0.39, 0.29) is 11.1 Å². The molecule has 1 saturated carbocycles. The van der Waals surface area contributed by atoms with E-state index in [0.29, 0.717) is 35.4 Å². The lowest BCUT2D eigenvalue weighted by atomic mass is 9.77. The summed E-state index contributed by atoms with van der Waals surface area (Å²) in [5, 5.41) is 0. The first kappa shape index (κ1) is 31.5. The van der Waals surface area contributed by atoms with Gasteiger partial charge in [0.2, 0.25) is 0 Å². The molecular formula is C35H32F7NO. The van der Waals surface area contributed by atoms with Crippen LogP contribution in [0.2, 0.25) is 0 Å². The molecule has 44 heavy (non-hydrogen) atoms. The summed E-state index contributed by atoms with van der Waals surface area (Å²) in [6.07, 6.45) is 7.26. The van der Waals surface area contributed by atoms with Crippen molar-refractivity contribution < 1.29 is 35.5 Å². The number of hydrogen-bond acceptors (Lipinski definition) is 2. The van der Waals surface area contributed by atoms with Crippen LogP contribution in [0.3, 0.4) is 0 Å². The third-order valence-corrected chi connectivity index (χ3v) is 8.38. The van der Waals surface area contributed by atoms with Gasteiger partial charge in [-0.1, -0.05) is 44.7 Å². The second-order valence-corrected chi connectivity index (χ2v) is 11.4. The van der Waals surface area contributed by atoms with E-state index in [9.17, 15) is 30.7 Å². The number of benzene rings is 3. The molecule has 0 unspecified atom stereocenters. The van der Waals surface area contributed by atoms with E-state index in [0.717, 1.165) is 48.6 Å². The number of aromatic nitrogens is 1. The van der Waals surface area contributed by atoms with Crippen LogP contribution in [-0.2, 0) is 6.11 Å². The normalized spacial score (nSPS) is 17.1. The second-order valence-electron chi connectivity index (χ2n) is 11.4.